The third-order valence-electron chi connectivity index (χ3n) is 4.76. The molecule has 1 aliphatic carbocycles. The van der Waals surface area contributed by atoms with Gasteiger partial charge in [0.25, 0.3) is 0 Å². The molecule has 0 radical (unpaired) electrons. The molecule has 0 amide bonds. The minimum absolute atomic E-state index is 0.277. The van der Waals surface area contributed by atoms with Gasteiger partial charge in [0.05, 0.1) is 10.8 Å². The van der Waals surface area contributed by atoms with Crippen molar-refractivity contribution < 1.29 is 19.8 Å². The van der Waals surface area contributed by atoms with E-state index in [9.17, 15) is 19.8 Å². The van der Waals surface area contributed by atoms with E-state index >= 15 is 0 Å². The molecule has 0 unspecified atom stereocenters. The first-order valence-electron chi connectivity index (χ1n) is 6.80. The van der Waals surface area contributed by atoms with Crippen LogP contribution >= 0.6 is 0 Å². The average molecular weight is 278 g/mol. The third-order valence-corrected chi connectivity index (χ3v) is 4.76. The second kappa shape index (κ2) is 4.34. The largest absolute Gasteiger partial charge is 0.481 e. The lowest BCUT2D eigenvalue weighted by atomic mass is 9.97. The van der Waals surface area contributed by atoms with Gasteiger partial charge in [0, 0.05) is 32.0 Å². The van der Waals surface area contributed by atoms with Crippen molar-refractivity contribution in [2.24, 2.45) is 10.8 Å². The molecule has 2 aliphatic rings. The number of carboxylic acids is 2. The van der Waals surface area contributed by atoms with Gasteiger partial charge in [-0.3, -0.25) is 9.59 Å². The van der Waals surface area contributed by atoms with Crippen LogP contribution in [0.25, 0.3) is 0 Å². The Morgan fingerprint density at radius 2 is 1.55 bits per heavy atom. The fourth-order valence-corrected chi connectivity index (χ4v) is 3.55. The zero-order chi connectivity index (χ0) is 14.4. The lowest BCUT2D eigenvalue weighted by Gasteiger charge is -2.19. The fourth-order valence-electron chi connectivity index (χ4n) is 3.55. The summed E-state index contributed by atoms with van der Waals surface area (Å²) >= 11 is 0. The van der Waals surface area contributed by atoms with Crippen LogP contribution in [-0.2, 0) is 16.1 Å². The zero-order valence-electron chi connectivity index (χ0n) is 11.2. The van der Waals surface area contributed by atoms with Crippen molar-refractivity contribution in [2.45, 2.75) is 19.4 Å². The quantitative estimate of drug-likeness (QED) is 0.802. The standard InChI is InChI=1S/C14H18N2O4/c17-11(18)13-8-14(13,12(19)20)10-16(9-13)7-3-6-15-4-1-2-5-15/h1-2,4-5H,3,6-10H2,(H,17,18)(H,19,20)/t13-,14+. The SMILES string of the molecule is O=C(O)[C@@]12CN(CCCn3cccc3)C[C@]1(C(=O)O)C2. The maximum absolute atomic E-state index is 11.4. The van der Waals surface area contributed by atoms with Gasteiger partial charge in [-0.2, -0.15) is 0 Å². The van der Waals surface area contributed by atoms with Crippen molar-refractivity contribution in [3.63, 3.8) is 0 Å². The number of aromatic nitrogens is 1. The molecule has 1 aromatic heterocycles. The molecule has 108 valence electrons. The van der Waals surface area contributed by atoms with Crippen molar-refractivity contribution >= 4 is 11.9 Å². The molecule has 1 saturated heterocycles. The Bertz CT molecular complexity index is 513. The monoisotopic (exact) mass is 278 g/mol. The summed E-state index contributed by atoms with van der Waals surface area (Å²) in [5.74, 6) is -1.93. The van der Waals surface area contributed by atoms with E-state index < -0.39 is 22.8 Å². The number of aliphatic carboxylic acids is 2. The second-order valence-corrected chi connectivity index (χ2v) is 5.94. The summed E-state index contributed by atoms with van der Waals surface area (Å²) in [6, 6.07) is 3.92. The number of hydrogen-bond acceptors (Lipinski definition) is 3. The number of aryl methyl sites for hydroxylation is 1. The fraction of sp³-hybridized carbons (Fsp3) is 0.571. The number of carboxylic acid groups (broad SMARTS) is 2. The van der Waals surface area contributed by atoms with E-state index in [0.717, 1.165) is 19.5 Å². The third kappa shape index (κ3) is 1.75. The molecule has 2 atom stereocenters. The van der Waals surface area contributed by atoms with Gasteiger partial charge >= 0.3 is 11.9 Å². The summed E-state index contributed by atoms with van der Waals surface area (Å²) in [4.78, 5) is 24.8. The first-order chi connectivity index (χ1) is 9.50. The predicted molar refractivity (Wildman–Crippen MR) is 70.2 cm³/mol. The van der Waals surface area contributed by atoms with Crippen LogP contribution in [-0.4, -0.2) is 51.3 Å². The van der Waals surface area contributed by atoms with Crippen LogP contribution in [0.4, 0.5) is 0 Å². The highest BCUT2D eigenvalue weighted by Gasteiger charge is 2.80. The molecule has 2 N–H and O–H groups in total. The van der Waals surface area contributed by atoms with Crippen LogP contribution in [0.15, 0.2) is 24.5 Å². The number of fused-ring (bicyclic) bond motifs is 1. The Morgan fingerprint density at radius 3 is 2.05 bits per heavy atom. The highest BCUT2D eigenvalue weighted by Crippen LogP contribution is 2.68. The second-order valence-electron chi connectivity index (χ2n) is 5.94. The van der Waals surface area contributed by atoms with Gasteiger partial charge in [0.2, 0.25) is 0 Å². The Kier molecular flexibility index (Phi) is 2.86. The predicted octanol–water partition coefficient (Wildman–Crippen LogP) is 0.739. The van der Waals surface area contributed by atoms with Gasteiger partial charge in [0.15, 0.2) is 0 Å². The lowest BCUT2D eigenvalue weighted by Crippen LogP contribution is -2.30. The number of likely N-dealkylation sites (tertiary alicyclic amines) is 1. The zero-order valence-corrected chi connectivity index (χ0v) is 11.2. The van der Waals surface area contributed by atoms with Gasteiger partial charge in [0.1, 0.15) is 0 Å². The van der Waals surface area contributed by atoms with E-state index in [4.69, 9.17) is 0 Å². The van der Waals surface area contributed by atoms with Crippen LogP contribution in [0.1, 0.15) is 12.8 Å². The van der Waals surface area contributed by atoms with Crippen LogP contribution < -0.4 is 0 Å². The highest BCUT2D eigenvalue weighted by atomic mass is 16.4. The molecule has 1 saturated carbocycles. The Labute approximate surface area is 116 Å². The van der Waals surface area contributed by atoms with E-state index in [1.165, 1.54) is 0 Å². The number of rotatable bonds is 6. The average Bonchev–Trinajstić information content (AvgIpc) is 2.77. The summed E-state index contributed by atoms with van der Waals surface area (Å²) < 4.78 is 2.07. The molecule has 1 aromatic rings. The molecule has 0 bridgehead atoms. The van der Waals surface area contributed by atoms with E-state index in [1.807, 2.05) is 29.4 Å². The molecule has 20 heavy (non-hydrogen) atoms. The Hall–Kier alpha value is -1.82. The van der Waals surface area contributed by atoms with Crippen molar-refractivity contribution in [1.29, 1.82) is 0 Å². The smallest absolute Gasteiger partial charge is 0.312 e. The number of carbonyl (C=O) groups is 2. The van der Waals surface area contributed by atoms with Crippen LogP contribution in [0.5, 0.6) is 0 Å². The maximum atomic E-state index is 11.4. The van der Waals surface area contributed by atoms with Gasteiger partial charge in [-0.25, -0.2) is 0 Å². The van der Waals surface area contributed by atoms with Crippen molar-refractivity contribution in [3.8, 4) is 0 Å². The lowest BCUT2D eigenvalue weighted by molar-refractivity contribution is -0.151. The van der Waals surface area contributed by atoms with Crippen LogP contribution in [0, 0.1) is 10.8 Å². The van der Waals surface area contributed by atoms with Gasteiger partial charge in [-0.1, -0.05) is 0 Å². The number of hydrogen-bond donors (Lipinski definition) is 2. The van der Waals surface area contributed by atoms with Gasteiger partial charge < -0.3 is 19.7 Å². The van der Waals surface area contributed by atoms with E-state index in [2.05, 4.69) is 4.57 Å². The first-order valence-corrected chi connectivity index (χ1v) is 6.80. The molecule has 6 nitrogen and oxygen atoms in total. The van der Waals surface area contributed by atoms with Crippen molar-refractivity contribution in [1.82, 2.24) is 9.47 Å². The van der Waals surface area contributed by atoms with E-state index in [0.29, 0.717) is 13.1 Å². The van der Waals surface area contributed by atoms with Gasteiger partial charge in [-0.05, 0) is 31.5 Å². The molecule has 6 heteroatoms. The Balaban J connectivity index is 1.59. The summed E-state index contributed by atoms with van der Waals surface area (Å²) in [5.41, 5.74) is -2.10. The highest BCUT2D eigenvalue weighted by molar-refractivity contribution is 5.94. The number of piperidine rings is 1. The molecule has 2 fully saturated rings. The molecule has 1 aliphatic heterocycles. The molecule has 0 spiro atoms. The minimum Gasteiger partial charge on any atom is -0.481 e. The molecular weight excluding hydrogens is 260 g/mol. The molecule has 0 aromatic carbocycles. The summed E-state index contributed by atoms with van der Waals surface area (Å²) in [6.07, 6.45) is 5.14. The summed E-state index contributed by atoms with van der Waals surface area (Å²) in [7, 11) is 0. The van der Waals surface area contributed by atoms with Gasteiger partial charge in [-0.15, -0.1) is 0 Å². The Morgan fingerprint density at radius 1 is 1.00 bits per heavy atom. The van der Waals surface area contributed by atoms with E-state index in [1.54, 1.807) is 0 Å². The first kappa shape index (κ1) is 13.2. The summed E-state index contributed by atoms with van der Waals surface area (Å²) in [5, 5.41) is 18.7. The molecule has 3 rings (SSSR count). The maximum Gasteiger partial charge on any atom is 0.312 e. The molecular formula is C14H18N2O4. The number of nitrogens with zero attached hydrogens (tertiary/aromatic N) is 2. The van der Waals surface area contributed by atoms with Crippen molar-refractivity contribution in [3.05, 3.63) is 24.5 Å². The van der Waals surface area contributed by atoms with E-state index in [-0.39, 0.29) is 6.42 Å². The normalized spacial score (nSPS) is 32.0. The van der Waals surface area contributed by atoms with Crippen LogP contribution in [0.2, 0.25) is 0 Å². The summed E-state index contributed by atoms with van der Waals surface area (Å²) in [6.45, 7) is 2.33. The van der Waals surface area contributed by atoms with Crippen molar-refractivity contribution in [2.75, 3.05) is 19.6 Å². The minimum atomic E-state index is -1.05. The molecule has 2 heterocycles. The topological polar surface area (TPSA) is 82.8 Å². The van der Waals surface area contributed by atoms with Crippen LogP contribution in [0.3, 0.4) is 0 Å².